The van der Waals surface area contributed by atoms with Gasteiger partial charge < -0.3 is 5.32 Å². The fourth-order valence-corrected chi connectivity index (χ4v) is 2.01. The number of nitro groups is 1. The van der Waals surface area contributed by atoms with Gasteiger partial charge in [0.25, 0.3) is 5.69 Å². The number of anilines is 1. The summed E-state index contributed by atoms with van der Waals surface area (Å²) in [6, 6.07) is 7.82. The molecule has 1 N–H and O–H groups in total. The van der Waals surface area contributed by atoms with E-state index in [0.717, 1.165) is 10.2 Å². The van der Waals surface area contributed by atoms with Crippen molar-refractivity contribution in [1.82, 2.24) is 4.98 Å². The number of amides is 1. The van der Waals surface area contributed by atoms with Gasteiger partial charge >= 0.3 is 0 Å². The maximum atomic E-state index is 11.9. The van der Waals surface area contributed by atoms with E-state index in [9.17, 15) is 14.9 Å². The molecule has 0 aliphatic carbocycles. The predicted molar refractivity (Wildman–Crippen MR) is 82.1 cm³/mol. The first kappa shape index (κ1) is 15.1. The lowest BCUT2D eigenvalue weighted by molar-refractivity contribution is -0.384. The van der Waals surface area contributed by atoms with Crippen LogP contribution in [-0.4, -0.2) is 15.8 Å². The van der Waals surface area contributed by atoms with Crippen LogP contribution in [0.5, 0.6) is 0 Å². The van der Waals surface area contributed by atoms with Crippen LogP contribution in [0.2, 0.25) is 0 Å². The minimum Gasteiger partial charge on any atom is -0.324 e. The molecule has 108 valence electrons. The first-order valence-electron chi connectivity index (χ1n) is 6.11. The Hall–Kier alpha value is -2.28. The molecular formula is C14H12BrN3O3. The summed E-state index contributed by atoms with van der Waals surface area (Å²) in [6.07, 6.45) is 1.61. The molecule has 0 saturated heterocycles. The number of nitrogens with one attached hydrogen (secondary N) is 1. The number of hydrogen-bond acceptors (Lipinski definition) is 4. The molecule has 0 fully saturated rings. The van der Waals surface area contributed by atoms with E-state index in [0.29, 0.717) is 11.3 Å². The normalized spacial score (nSPS) is 10.2. The van der Waals surface area contributed by atoms with Crippen LogP contribution in [0.3, 0.4) is 0 Å². The second kappa shape index (κ2) is 6.45. The highest BCUT2D eigenvalue weighted by molar-refractivity contribution is 9.10. The van der Waals surface area contributed by atoms with E-state index in [1.54, 1.807) is 24.4 Å². The first-order chi connectivity index (χ1) is 9.95. The summed E-state index contributed by atoms with van der Waals surface area (Å²) in [5.41, 5.74) is 2.05. The molecule has 7 heteroatoms. The number of aromatic nitrogens is 1. The van der Waals surface area contributed by atoms with E-state index in [2.05, 4.69) is 26.2 Å². The Morgan fingerprint density at radius 3 is 2.86 bits per heavy atom. The molecule has 2 aromatic rings. The Bertz CT molecular complexity index is 704. The number of carbonyl (C=O) groups excluding carboxylic acids is 1. The largest absolute Gasteiger partial charge is 0.324 e. The third-order valence-corrected chi connectivity index (χ3v) is 3.61. The van der Waals surface area contributed by atoms with Crippen molar-refractivity contribution in [1.29, 1.82) is 0 Å². The highest BCUT2D eigenvalue weighted by atomic mass is 79.9. The van der Waals surface area contributed by atoms with Crippen molar-refractivity contribution in [2.45, 2.75) is 13.3 Å². The van der Waals surface area contributed by atoms with E-state index in [1.165, 1.54) is 12.1 Å². The van der Waals surface area contributed by atoms with Gasteiger partial charge in [-0.1, -0.05) is 12.1 Å². The summed E-state index contributed by atoms with van der Waals surface area (Å²) in [5.74, 6) is -0.251. The molecule has 0 bridgehead atoms. The van der Waals surface area contributed by atoms with Crippen LogP contribution in [0.25, 0.3) is 0 Å². The van der Waals surface area contributed by atoms with Crippen molar-refractivity contribution in [2.24, 2.45) is 0 Å². The second-order valence-electron chi connectivity index (χ2n) is 4.48. The summed E-state index contributed by atoms with van der Waals surface area (Å²) in [7, 11) is 0. The highest BCUT2D eigenvalue weighted by Gasteiger charge is 2.10. The van der Waals surface area contributed by atoms with Crippen molar-refractivity contribution < 1.29 is 9.72 Å². The van der Waals surface area contributed by atoms with Gasteiger partial charge in [0.05, 0.1) is 23.2 Å². The average Bonchev–Trinajstić information content (AvgIpc) is 2.43. The van der Waals surface area contributed by atoms with Gasteiger partial charge in [-0.25, -0.2) is 4.98 Å². The summed E-state index contributed by atoms with van der Waals surface area (Å²) < 4.78 is 0.721. The van der Waals surface area contributed by atoms with Crippen molar-refractivity contribution >= 4 is 33.2 Å². The van der Waals surface area contributed by atoms with Crippen LogP contribution in [0.4, 0.5) is 11.4 Å². The van der Waals surface area contributed by atoms with Gasteiger partial charge in [-0.2, -0.15) is 0 Å². The number of pyridine rings is 1. The third kappa shape index (κ3) is 4.09. The topological polar surface area (TPSA) is 85.1 Å². The summed E-state index contributed by atoms with van der Waals surface area (Å²) in [5, 5.41) is 13.4. The standard InChI is InChI=1S/C14H12BrN3O3/c1-9-5-11(8-16-14(9)15)17-13(19)7-10-3-2-4-12(6-10)18(20)21/h2-6,8H,7H2,1H3,(H,17,19). The molecule has 1 aromatic carbocycles. The maximum Gasteiger partial charge on any atom is 0.269 e. The zero-order valence-corrected chi connectivity index (χ0v) is 12.8. The van der Waals surface area contributed by atoms with E-state index >= 15 is 0 Å². The lowest BCUT2D eigenvalue weighted by Crippen LogP contribution is -2.14. The quantitative estimate of drug-likeness (QED) is 0.521. The lowest BCUT2D eigenvalue weighted by Gasteiger charge is -2.06. The van der Waals surface area contributed by atoms with Crippen molar-refractivity contribution in [2.75, 3.05) is 5.32 Å². The van der Waals surface area contributed by atoms with Crippen LogP contribution >= 0.6 is 15.9 Å². The smallest absolute Gasteiger partial charge is 0.269 e. The Balaban J connectivity index is 2.06. The molecule has 2 rings (SSSR count). The highest BCUT2D eigenvalue weighted by Crippen LogP contribution is 2.17. The number of aryl methyl sites for hydroxylation is 1. The number of rotatable bonds is 4. The minimum atomic E-state index is -0.483. The Morgan fingerprint density at radius 1 is 1.43 bits per heavy atom. The molecule has 0 aliphatic heterocycles. The number of nitrogens with zero attached hydrogens (tertiary/aromatic N) is 2. The molecule has 6 nitrogen and oxygen atoms in total. The molecule has 21 heavy (non-hydrogen) atoms. The Labute approximate surface area is 129 Å². The predicted octanol–water partition coefficient (Wildman–Crippen LogP) is 3.24. The molecule has 0 unspecified atom stereocenters. The van der Waals surface area contributed by atoms with Crippen LogP contribution in [0.15, 0.2) is 41.1 Å². The zero-order valence-electron chi connectivity index (χ0n) is 11.2. The monoisotopic (exact) mass is 349 g/mol. The summed E-state index contributed by atoms with van der Waals surface area (Å²) in [6.45, 7) is 1.87. The van der Waals surface area contributed by atoms with Gasteiger partial charge in [0.15, 0.2) is 0 Å². The molecule has 1 heterocycles. The molecule has 0 atom stereocenters. The fourth-order valence-electron chi connectivity index (χ4n) is 1.80. The van der Waals surface area contributed by atoms with Gasteiger partial charge in [-0.15, -0.1) is 0 Å². The van der Waals surface area contributed by atoms with E-state index in [4.69, 9.17) is 0 Å². The molecule has 0 aliphatic rings. The summed E-state index contributed by atoms with van der Waals surface area (Å²) in [4.78, 5) is 26.2. The van der Waals surface area contributed by atoms with E-state index in [-0.39, 0.29) is 18.0 Å². The van der Waals surface area contributed by atoms with Gasteiger partial charge in [-0.3, -0.25) is 14.9 Å². The summed E-state index contributed by atoms with van der Waals surface area (Å²) >= 11 is 3.28. The van der Waals surface area contributed by atoms with Gasteiger partial charge in [0, 0.05) is 12.1 Å². The zero-order chi connectivity index (χ0) is 15.4. The van der Waals surface area contributed by atoms with E-state index < -0.39 is 4.92 Å². The Kier molecular flexibility index (Phi) is 4.64. The Morgan fingerprint density at radius 2 is 2.19 bits per heavy atom. The van der Waals surface area contributed by atoms with Crippen LogP contribution in [0, 0.1) is 17.0 Å². The van der Waals surface area contributed by atoms with Gasteiger partial charge in [0.1, 0.15) is 4.60 Å². The molecule has 0 saturated carbocycles. The van der Waals surface area contributed by atoms with Crippen LogP contribution in [-0.2, 0) is 11.2 Å². The van der Waals surface area contributed by atoms with Crippen molar-refractivity contribution in [3.05, 3.63) is 62.4 Å². The molecule has 1 aromatic heterocycles. The van der Waals surface area contributed by atoms with Crippen LogP contribution < -0.4 is 5.32 Å². The van der Waals surface area contributed by atoms with Gasteiger partial charge in [-0.05, 0) is 40.0 Å². The number of nitro benzene ring substituents is 1. The third-order valence-electron chi connectivity index (χ3n) is 2.78. The number of non-ortho nitro benzene ring substituents is 1. The number of carbonyl (C=O) groups is 1. The molecule has 0 radical (unpaired) electrons. The number of benzene rings is 1. The SMILES string of the molecule is Cc1cc(NC(=O)Cc2cccc([N+](=O)[O-])c2)cnc1Br. The molecule has 1 amide bonds. The van der Waals surface area contributed by atoms with Crippen molar-refractivity contribution in [3.8, 4) is 0 Å². The number of halogens is 1. The number of hydrogen-bond donors (Lipinski definition) is 1. The van der Waals surface area contributed by atoms with E-state index in [1.807, 2.05) is 6.92 Å². The minimum absolute atomic E-state index is 0.0264. The molecule has 0 spiro atoms. The average molecular weight is 350 g/mol. The van der Waals surface area contributed by atoms with Gasteiger partial charge in [0.2, 0.25) is 5.91 Å². The fraction of sp³-hybridized carbons (Fsp3) is 0.143. The second-order valence-corrected chi connectivity index (χ2v) is 5.23. The van der Waals surface area contributed by atoms with Crippen molar-refractivity contribution in [3.63, 3.8) is 0 Å². The first-order valence-corrected chi connectivity index (χ1v) is 6.90. The maximum absolute atomic E-state index is 11.9. The molecular weight excluding hydrogens is 338 g/mol. The van der Waals surface area contributed by atoms with Crippen LogP contribution in [0.1, 0.15) is 11.1 Å². The lowest BCUT2D eigenvalue weighted by atomic mass is 10.1.